The van der Waals surface area contributed by atoms with E-state index in [0.717, 1.165) is 4.47 Å². The molecule has 0 fully saturated rings. The summed E-state index contributed by atoms with van der Waals surface area (Å²) in [6, 6.07) is 1.74. The number of aromatic nitrogens is 1. The summed E-state index contributed by atoms with van der Waals surface area (Å²) >= 11 is 3.22. The van der Waals surface area contributed by atoms with E-state index in [0.29, 0.717) is 5.56 Å². The molecule has 0 aromatic carbocycles. The molecular formula is C9H7BrFN. The van der Waals surface area contributed by atoms with Crippen molar-refractivity contribution in [2.75, 3.05) is 0 Å². The van der Waals surface area contributed by atoms with Gasteiger partial charge >= 0.3 is 0 Å². The molecule has 0 unspecified atom stereocenters. The molecule has 0 spiro atoms. The molecule has 0 aliphatic rings. The van der Waals surface area contributed by atoms with Crippen LogP contribution < -0.4 is 0 Å². The van der Waals surface area contributed by atoms with E-state index in [1.807, 2.05) is 0 Å². The van der Waals surface area contributed by atoms with Crippen molar-refractivity contribution in [3.05, 3.63) is 41.2 Å². The van der Waals surface area contributed by atoms with Crippen molar-refractivity contribution in [3.63, 3.8) is 0 Å². The molecule has 1 heterocycles. The Kier molecular flexibility index (Phi) is 2.76. The quantitative estimate of drug-likeness (QED) is 0.755. The van der Waals surface area contributed by atoms with Gasteiger partial charge in [-0.15, -0.1) is 0 Å². The lowest BCUT2D eigenvalue weighted by Crippen LogP contribution is -1.88. The zero-order valence-electron chi connectivity index (χ0n) is 6.35. The summed E-state index contributed by atoms with van der Waals surface area (Å²) in [5.74, 6) is -0.544. The summed E-state index contributed by atoms with van der Waals surface area (Å²) in [7, 11) is 0. The monoisotopic (exact) mass is 227 g/mol. The van der Waals surface area contributed by atoms with Crippen LogP contribution in [0.4, 0.5) is 4.39 Å². The van der Waals surface area contributed by atoms with Gasteiger partial charge in [-0.1, -0.05) is 19.2 Å². The van der Waals surface area contributed by atoms with Gasteiger partial charge in [-0.2, -0.15) is 0 Å². The van der Waals surface area contributed by atoms with E-state index in [-0.39, 0.29) is 5.69 Å². The minimum atomic E-state index is -0.544. The maximum Gasteiger partial charge on any atom is 0.142 e. The number of nitrogens with zero attached hydrogens (tertiary/aromatic N) is 1. The van der Waals surface area contributed by atoms with Gasteiger partial charge in [0.15, 0.2) is 0 Å². The van der Waals surface area contributed by atoms with Gasteiger partial charge in [-0.25, -0.2) is 4.39 Å². The summed E-state index contributed by atoms with van der Waals surface area (Å²) in [5, 5.41) is 0. The van der Waals surface area contributed by atoms with Crippen LogP contribution in [0.3, 0.4) is 0 Å². The highest BCUT2D eigenvalue weighted by atomic mass is 79.9. The molecule has 3 heteroatoms. The zero-order valence-corrected chi connectivity index (χ0v) is 7.94. The Hall–Kier alpha value is -0.960. The molecular weight excluding hydrogens is 221 g/mol. The van der Waals surface area contributed by atoms with Crippen molar-refractivity contribution < 1.29 is 4.39 Å². The molecule has 0 amide bonds. The second kappa shape index (κ2) is 3.63. The highest BCUT2D eigenvalue weighted by Crippen LogP contribution is 2.20. The van der Waals surface area contributed by atoms with E-state index in [1.54, 1.807) is 6.07 Å². The van der Waals surface area contributed by atoms with E-state index in [4.69, 9.17) is 0 Å². The van der Waals surface area contributed by atoms with E-state index < -0.39 is 5.83 Å². The van der Waals surface area contributed by atoms with Gasteiger partial charge in [0.1, 0.15) is 11.5 Å². The first-order valence-corrected chi connectivity index (χ1v) is 4.07. The van der Waals surface area contributed by atoms with Crippen LogP contribution >= 0.6 is 15.9 Å². The van der Waals surface area contributed by atoms with E-state index in [9.17, 15) is 4.39 Å². The first-order valence-electron chi connectivity index (χ1n) is 3.28. The first kappa shape index (κ1) is 9.13. The Bertz CT molecular complexity index is 333. The van der Waals surface area contributed by atoms with E-state index in [1.165, 1.54) is 12.3 Å². The third kappa shape index (κ3) is 1.80. The molecule has 1 nitrogen and oxygen atoms in total. The molecule has 0 aliphatic carbocycles. The van der Waals surface area contributed by atoms with Crippen LogP contribution in [0.5, 0.6) is 0 Å². The summed E-state index contributed by atoms with van der Waals surface area (Å²) < 4.78 is 13.5. The number of pyridine rings is 1. The van der Waals surface area contributed by atoms with Crippen molar-refractivity contribution in [1.29, 1.82) is 0 Å². The highest BCUT2D eigenvalue weighted by molar-refractivity contribution is 9.10. The fraction of sp³-hybridized carbons (Fsp3) is 0. The zero-order chi connectivity index (χ0) is 9.14. The number of hydrogen-bond acceptors (Lipinski definition) is 1. The molecule has 0 radical (unpaired) electrons. The third-order valence-corrected chi connectivity index (χ3v) is 1.79. The molecule has 12 heavy (non-hydrogen) atoms. The van der Waals surface area contributed by atoms with Gasteiger partial charge in [0, 0.05) is 16.2 Å². The Balaban J connectivity index is 3.29. The van der Waals surface area contributed by atoms with Gasteiger partial charge in [0.25, 0.3) is 0 Å². The third-order valence-electron chi connectivity index (χ3n) is 1.36. The van der Waals surface area contributed by atoms with Crippen LogP contribution in [0, 0.1) is 0 Å². The minimum absolute atomic E-state index is 0.244. The molecule has 0 saturated carbocycles. The van der Waals surface area contributed by atoms with Crippen molar-refractivity contribution >= 4 is 27.8 Å². The molecule has 1 aromatic rings. The van der Waals surface area contributed by atoms with Gasteiger partial charge in [0.2, 0.25) is 0 Å². The second-order valence-corrected chi connectivity index (χ2v) is 3.12. The molecule has 0 N–H and O–H groups in total. The lowest BCUT2D eigenvalue weighted by Gasteiger charge is -2.01. The Labute approximate surface area is 78.8 Å². The van der Waals surface area contributed by atoms with Crippen LogP contribution in [0.2, 0.25) is 0 Å². The fourth-order valence-corrected chi connectivity index (χ4v) is 1.19. The molecule has 1 aromatic heterocycles. The number of halogens is 2. The normalized spacial score (nSPS) is 9.50. The minimum Gasteiger partial charge on any atom is -0.252 e. The van der Waals surface area contributed by atoms with Crippen LogP contribution in [0.15, 0.2) is 29.9 Å². The Morgan fingerprint density at radius 2 is 2.33 bits per heavy atom. The summed E-state index contributed by atoms with van der Waals surface area (Å²) in [6.45, 7) is 6.72. The molecule has 1 rings (SSSR count). The van der Waals surface area contributed by atoms with Crippen LogP contribution in [0.1, 0.15) is 11.3 Å². The molecule has 62 valence electrons. The van der Waals surface area contributed by atoms with Crippen LogP contribution in [-0.2, 0) is 0 Å². The average Bonchev–Trinajstić information content (AvgIpc) is 2.03. The molecule has 0 aliphatic heterocycles. The van der Waals surface area contributed by atoms with Gasteiger partial charge < -0.3 is 0 Å². The fourth-order valence-electron chi connectivity index (χ4n) is 0.837. The maximum atomic E-state index is 12.7. The SMILES string of the molecule is C=Cc1cc(Br)cnc1C(=C)F. The van der Waals surface area contributed by atoms with Crippen molar-refractivity contribution in [1.82, 2.24) is 4.98 Å². The van der Waals surface area contributed by atoms with Crippen molar-refractivity contribution in [2.24, 2.45) is 0 Å². The van der Waals surface area contributed by atoms with Gasteiger partial charge in [-0.3, -0.25) is 4.98 Å². The molecule has 0 atom stereocenters. The van der Waals surface area contributed by atoms with Crippen molar-refractivity contribution in [2.45, 2.75) is 0 Å². The average molecular weight is 228 g/mol. The molecule has 0 bridgehead atoms. The van der Waals surface area contributed by atoms with E-state index >= 15 is 0 Å². The lowest BCUT2D eigenvalue weighted by atomic mass is 10.2. The second-order valence-electron chi connectivity index (χ2n) is 2.20. The topological polar surface area (TPSA) is 12.9 Å². The van der Waals surface area contributed by atoms with Gasteiger partial charge in [0.05, 0.1) is 0 Å². The van der Waals surface area contributed by atoms with Crippen molar-refractivity contribution in [3.8, 4) is 0 Å². The molecule has 0 saturated heterocycles. The van der Waals surface area contributed by atoms with E-state index in [2.05, 4.69) is 34.1 Å². The standard InChI is InChI=1S/C9H7BrFN/c1-3-7-4-8(10)5-12-9(7)6(2)11/h3-5H,1-2H2. The predicted molar refractivity (Wildman–Crippen MR) is 52.2 cm³/mol. The summed E-state index contributed by atoms with van der Waals surface area (Å²) in [5.41, 5.74) is 0.880. The summed E-state index contributed by atoms with van der Waals surface area (Å²) in [4.78, 5) is 3.86. The van der Waals surface area contributed by atoms with Gasteiger partial charge in [-0.05, 0) is 22.0 Å². The Morgan fingerprint density at radius 3 is 2.83 bits per heavy atom. The lowest BCUT2D eigenvalue weighted by molar-refractivity contribution is 0.755. The number of rotatable bonds is 2. The van der Waals surface area contributed by atoms with Crippen LogP contribution in [0.25, 0.3) is 11.9 Å². The first-order chi connectivity index (χ1) is 5.65. The largest absolute Gasteiger partial charge is 0.252 e. The summed E-state index contributed by atoms with van der Waals surface area (Å²) in [6.07, 6.45) is 3.06. The van der Waals surface area contributed by atoms with Crippen LogP contribution in [-0.4, -0.2) is 4.98 Å². The Morgan fingerprint density at radius 1 is 1.67 bits per heavy atom. The predicted octanol–water partition coefficient (Wildman–Crippen LogP) is 3.43. The maximum absolute atomic E-state index is 12.7. The smallest absolute Gasteiger partial charge is 0.142 e. The highest BCUT2D eigenvalue weighted by Gasteiger charge is 2.04. The number of hydrogen-bond donors (Lipinski definition) is 0.